The molecule has 7 nitrogen and oxygen atoms in total. The number of hydrogen-bond donors (Lipinski definition) is 2. The second kappa shape index (κ2) is 8.65. The molecular formula is C23H32FN3O4. The lowest BCUT2D eigenvalue weighted by molar-refractivity contribution is -0.139. The lowest BCUT2D eigenvalue weighted by atomic mass is 9.78. The monoisotopic (exact) mass is 433 g/mol. The van der Waals surface area contributed by atoms with Crippen molar-refractivity contribution in [3.8, 4) is 0 Å². The van der Waals surface area contributed by atoms with Crippen molar-refractivity contribution >= 4 is 23.4 Å². The Morgan fingerprint density at radius 1 is 1.23 bits per heavy atom. The molecule has 2 N–H and O–H groups in total. The maximum Gasteiger partial charge on any atom is 0.411 e. The van der Waals surface area contributed by atoms with Crippen LogP contribution in [-0.2, 0) is 4.79 Å². The number of carbonyl (C=O) groups excluding carboxylic acids is 1. The van der Waals surface area contributed by atoms with Gasteiger partial charge in [0.05, 0.1) is 22.9 Å². The van der Waals surface area contributed by atoms with Crippen LogP contribution >= 0.6 is 0 Å². The minimum atomic E-state index is -1.11. The van der Waals surface area contributed by atoms with Crippen molar-refractivity contribution in [2.24, 2.45) is 5.41 Å². The third kappa shape index (κ3) is 4.10. The van der Waals surface area contributed by atoms with Crippen LogP contribution in [0.4, 0.5) is 20.6 Å². The molecule has 31 heavy (non-hydrogen) atoms. The summed E-state index contributed by atoms with van der Waals surface area (Å²) in [5.41, 5.74) is 0.262. The topological polar surface area (TPSA) is 84.3 Å². The van der Waals surface area contributed by atoms with Gasteiger partial charge in [-0.25, -0.2) is 9.18 Å². The summed E-state index contributed by atoms with van der Waals surface area (Å²) in [5, 5.41) is 19.1. The summed E-state index contributed by atoms with van der Waals surface area (Å²) < 4.78 is 15.0. The average molecular weight is 434 g/mol. The van der Waals surface area contributed by atoms with Gasteiger partial charge in [0.2, 0.25) is 5.91 Å². The molecule has 2 aliphatic heterocycles. The first-order chi connectivity index (χ1) is 14.8. The summed E-state index contributed by atoms with van der Waals surface area (Å²) in [6, 6.07) is 4.74. The van der Waals surface area contributed by atoms with Gasteiger partial charge in [0.1, 0.15) is 5.82 Å². The molecule has 1 aliphatic carbocycles. The zero-order valence-electron chi connectivity index (χ0n) is 18.1. The number of aliphatic hydroxyl groups excluding tert-OH is 1. The predicted octanol–water partition coefficient (Wildman–Crippen LogP) is 3.45. The fourth-order valence-electron chi connectivity index (χ4n) is 5.63. The molecule has 1 unspecified atom stereocenters. The van der Waals surface area contributed by atoms with Crippen molar-refractivity contribution in [2.75, 3.05) is 36.0 Å². The first-order valence-electron chi connectivity index (χ1n) is 11.4. The molecule has 1 atom stereocenters. The van der Waals surface area contributed by atoms with E-state index in [9.17, 15) is 24.2 Å². The molecule has 0 aromatic heterocycles. The van der Waals surface area contributed by atoms with Crippen LogP contribution in [0.5, 0.6) is 0 Å². The number of benzene rings is 1. The molecule has 0 radical (unpaired) electrons. The van der Waals surface area contributed by atoms with E-state index >= 15 is 0 Å². The van der Waals surface area contributed by atoms with Crippen molar-refractivity contribution in [1.82, 2.24) is 4.90 Å². The highest BCUT2D eigenvalue weighted by atomic mass is 19.1. The van der Waals surface area contributed by atoms with E-state index in [0.29, 0.717) is 24.5 Å². The van der Waals surface area contributed by atoms with E-state index in [1.165, 1.54) is 6.07 Å². The van der Waals surface area contributed by atoms with Crippen molar-refractivity contribution < 1.29 is 24.2 Å². The number of likely N-dealkylation sites (tertiary alicyclic amines) is 1. The van der Waals surface area contributed by atoms with Crippen LogP contribution in [0.1, 0.15) is 51.9 Å². The first-order valence-corrected chi connectivity index (χ1v) is 11.4. The zero-order valence-corrected chi connectivity index (χ0v) is 18.1. The third-order valence-electron chi connectivity index (χ3n) is 7.36. The van der Waals surface area contributed by atoms with Crippen molar-refractivity contribution in [3.63, 3.8) is 0 Å². The number of carbonyl (C=O) groups is 2. The molecule has 1 saturated carbocycles. The minimum absolute atomic E-state index is 0.179. The fraction of sp³-hybridized carbons (Fsp3) is 0.652. The second-order valence-corrected chi connectivity index (χ2v) is 9.18. The van der Waals surface area contributed by atoms with E-state index in [1.54, 1.807) is 19.1 Å². The summed E-state index contributed by atoms with van der Waals surface area (Å²) in [5.74, 6) is -0.281. The summed E-state index contributed by atoms with van der Waals surface area (Å²) in [6.07, 6.45) is 4.25. The van der Waals surface area contributed by atoms with Gasteiger partial charge in [-0.15, -0.1) is 0 Å². The molecule has 1 aromatic carbocycles. The van der Waals surface area contributed by atoms with E-state index in [1.807, 2.05) is 9.80 Å². The average Bonchev–Trinajstić information content (AvgIpc) is 3.04. The Morgan fingerprint density at radius 3 is 2.61 bits per heavy atom. The molecular weight excluding hydrogens is 401 g/mol. The van der Waals surface area contributed by atoms with Gasteiger partial charge in [0.15, 0.2) is 0 Å². The number of halogens is 1. The van der Waals surface area contributed by atoms with Crippen LogP contribution in [0, 0.1) is 11.2 Å². The molecule has 4 rings (SSSR count). The van der Waals surface area contributed by atoms with Gasteiger partial charge in [-0.05, 0) is 70.1 Å². The number of rotatable bonds is 4. The lowest BCUT2D eigenvalue weighted by Gasteiger charge is -2.41. The van der Waals surface area contributed by atoms with Gasteiger partial charge in [-0.1, -0.05) is 0 Å². The van der Waals surface area contributed by atoms with Crippen molar-refractivity contribution in [1.29, 1.82) is 0 Å². The zero-order chi connectivity index (χ0) is 22.2. The van der Waals surface area contributed by atoms with Crippen LogP contribution in [0.2, 0.25) is 0 Å². The molecule has 170 valence electrons. The summed E-state index contributed by atoms with van der Waals surface area (Å²) >= 11 is 0. The van der Waals surface area contributed by atoms with Crippen molar-refractivity contribution in [2.45, 2.75) is 64.0 Å². The Bertz CT molecular complexity index is 842. The normalized spacial score (nSPS) is 28.9. The van der Waals surface area contributed by atoms with E-state index < -0.39 is 17.3 Å². The van der Waals surface area contributed by atoms with Gasteiger partial charge in [-0.2, -0.15) is 0 Å². The molecule has 2 amide bonds. The number of piperidine rings is 1. The maximum absolute atomic E-state index is 15.0. The van der Waals surface area contributed by atoms with E-state index in [2.05, 4.69) is 0 Å². The van der Waals surface area contributed by atoms with Crippen LogP contribution in [0.25, 0.3) is 0 Å². The number of aliphatic hydroxyl groups is 1. The van der Waals surface area contributed by atoms with E-state index in [4.69, 9.17) is 0 Å². The Hall–Kier alpha value is -2.35. The second-order valence-electron chi connectivity index (χ2n) is 9.18. The predicted molar refractivity (Wildman–Crippen MR) is 116 cm³/mol. The Morgan fingerprint density at radius 2 is 1.97 bits per heavy atom. The molecule has 3 fully saturated rings. The standard InChI is InChI=1S/C23H32FN3O4/c1-2-26(22(30)31)17-6-9-20(19(24)14-17)25-12-3-10-23(15-25)11-13-27(21(23)29)16-4-7-18(28)8-5-16/h6,9,14,16,18,28H,2-5,7-8,10-13,15H2,1H3,(H,30,31). The Balaban J connectivity index is 1.50. The first kappa shape index (κ1) is 21.9. The van der Waals surface area contributed by atoms with Gasteiger partial charge in [0, 0.05) is 32.2 Å². The fourth-order valence-corrected chi connectivity index (χ4v) is 5.63. The molecule has 8 heteroatoms. The maximum atomic E-state index is 15.0. The molecule has 1 spiro atoms. The molecule has 2 heterocycles. The van der Waals surface area contributed by atoms with E-state index in [-0.39, 0.29) is 24.6 Å². The van der Waals surface area contributed by atoms with Gasteiger partial charge in [0.25, 0.3) is 0 Å². The molecule has 3 aliphatic rings. The highest BCUT2D eigenvalue weighted by molar-refractivity contribution is 5.87. The van der Waals surface area contributed by atoms with Crippen LogP contribution in [0.15, 0.2) is 18.2 Å². The largest absolute Gasteiger partial charge is 0.465 e. The highest BCUT2D eigenvalue weighted by Crippen LogP contribution is 2.44. The van der Waals surface area contributed by atoms with Gasteiger partial charge in [-0.3, -0.25) is 9.69 Å². The quantitative estimate of drug-likeness (QED) is 0.760. The summed E-state index contributed by atoms with van der Waals surface area (Å²) in [6.45, 7) is 3.85. The van der Waals surface area contributed by atoms with Crippen molar-refractivity contribution in [3.05, 3.63) is 24.0 Å². The number of anilines is 2. The Labute approximate surface area is 182 Å². The Kier molecular flexibility index (Phi) is 6.10. The van der Waals surface area contributed by atoms with E-state index in [0.717, 1.165) is 56.4 Å². The number of nitrogens with zero attached hydrogens (tertiary/aromatic N) is 3. The number of carboxylic acid groups (broad SMARTS) is 1. The number of hydrogen-bond acceptors (Lipinski definition) is 4. The third-order valence-corrected chi connectivity index (χ3v) is 7.36. The summed E-state index contributed by atoms with van der Waals surface area (Å²) in [7, 11) is 0. The molecule has 1 aromatic rings. The van der Waals surface area contributed by atoms with Crippen LogP contribution in [-0.4, -0.2) is 65.4 Å². The lowest BCUT2D eigenvalue weighted by Crippen LogP contribution is -2.50. The minimum Gasteiger partial charge on any atom is -0.465 e. The van der Waals surface area contributed by atoms with Gasteiger partial charge < -0.3 is 20.0 Å². The molecule has 2 saturated heterocycles. The summed E-state index contributed by atoms with van der Waals surface area (Å²) in [4.78, 5) is 29.9. The number of amides is 2. The smallest absolute Gasteiger partial charge is 0.411 e. The van der Waals surface area contributed by atoms with Crippen LogP contribution < -0.4 is 9.80 Å². The van der Waals surface area contributed by atoms with Crippen LogP contribution in [0.3, 0.4) is 0 Å². The van der Waals surface area contributed by atoms with Gasteiger partial charge >= 0.3 is 6.09 Å². The highest BCUT2D eigenvalue weighted by Gasteiger charge is 2.50. The molecule has 0 bridgehead atoms. The SMILES string of the molecule is CCN(C(=O)O)c1ccc(N2CCCC3(CCN(C4CCC(O)CC4)C3=O)C2)c(F)c1.